The van der Waals surface area contributed by atoms with Gasteiger partial charge in [-0.25, -0.2) is 0 Å². The first kappa shape index (κ1) is 9.10. The maximum Gasteiger partial charge on any atom is 0.0745 e. The number of hydrogen-bond donors (Lipinski definition) is 0. The molecular formula is C9H18PY+. The van der Waals surface area contributed by atoms with Gasteiger partial charge in [0.25, 0.3) is 0 Å². The average molecular weight is 247 g/mol. The predicted octanol–water partition coefficient (Wildman–Crippen LogP) is 2.98. The van der Waals surface area contributed by atoms with E-state index in [9.17, 15) is 0 Å². The maximum absolute atomic E-state index is 8.24. The zero-order chi connectivity index (χ0) is 7.95. The fourth-order valence-electron chi connectivity index (χ4n) is 2.33. The van der Waals surface area contributed by atoms with Crippen molar-refractivity contribution in [2.75, 3.05) is 18.5 Å². The molecule has 11 heavy (non-hydrogen) atoms. The van der Waals surface area contributed by atoms with Gasteiger partial charge in [0.05, 0.1) is 25.5 Å². The van der Waals surface area contributed by atoms with E-state index in [2.05, 4.69) is 6.92 Å². The quantitative estimate of drug-likeness (QED) is 0.658. The number of rotatable bonds is 2. The molecule has 0 atom stereocenters. The summed E-state index contributed by atoms with van der Waals surface area (Å²) in [5.74, 6) is 0. The Balaban J connectivity index is 0.000000720. The first-order chi connectivity index (χ1) is 5.22. The van der Waals surface area contributed by atoms with Gasteiger partial charge in [-0.2, -0.15) is 0 Å². The molecule has 2 fully saturated rings. The fourth-order valence-corrected chi connectivity index (χ4v) is 6.98. The predicted molar refractivity (Wildman–Crippen MR) is 49.5 cm³/mol. The van der Waals surface area contributed by atoms with Crippen molar-refractivity contribution in [3.8, 4) is 0 Å². The van der Waals surface area contributed by atoms with Crippen LogP contribution in [0, 0.1) is 0 Å². The Bertz CT molecular complexity index is 162. The van der Waals surface area contributed by atoms with Crippen LogP contribution in [-0.4, -0.2) is 24.1 Å². The summed E-state index contributed by atoms with van der Waals surface area (Å²) in [4.78, 5) is 0. The molecule has 1 aliphatic heterocycles. The summed E-state index contributed by atoms with van der Waals surface area (Å²) in [7, 11) is -0.734. The van der Waals surface area contributed by atoms with Crippen LogP contribution in [0.15, 0.2) is 0 Å². The Morgan fingerprint density at radius 2 is 1.91 bits per heavy atom. The van der Waals surface area contributed by atoms with Gasteiger partial charge in [-0.05, 0) is 32.6 Å². The zero-order valence-electron chi connectivity index (χ0n) is 8.47. The molecule has 2 rings (SSSR count). The van der Waals surface area contributed by atoms with Crippen LogP contribution in [0.2, 0.25) is 0 Å². The van der Waals surface area contributed by atoms with Gasteiger partial charge < -0.3 is 0 Å². The molecule has 61 valence electrons. The second-order valence-corrected chi connectivity index (χ2v) is 8.13. The van der Waals surface area contributed by atoms with E-state index in [1.807, 2.05) is 0 Å². The molecule has 0 aromatic heterocycles. The fraction of sp³-hybridized carbons (Fsp3) is 1.00. The molecule has 2 heteroatoms. The van der Waals surface area contributed by atoms with Gasteiger partial charge in [0, 0.05) is 40.0 Å². The van der Waals surface area contributed by atoms with Crippen molar-refractivity contribution in [2.45, 2.75) is 38.2 Å². The summed E-state index contributed by atoms with van der Waals surface area (Å²) in [6, 6.07) is 0. The average Bonchev–Trinajstić information content (AvgIpc) is 2.62. The molecule has 1 heterocycles. The van der Waals surface area contributed by atoms with Crippen molar-refractivity contribution in [1.29, 1.82) is 0 Å². The molecule has 2 aliphatic rings. The molecule has 0 aromatic rings. The summed E-state index contributed by atoms with van der Waals surface area (Å²) < 4.78 is 8.24. The van der Waals surface area contributed by atoms with E-state index in [-0.39, 0.29) is 38.3 Å². The smallest absolute Gasteiger partial charge is 0.0311 e. The third-order valence-corrected chi connectivity index (χ3v) is 8.52. The summed E-state index contributed by atoms with van der Waals surface area (Å²) in [5.41, 5.74) is 0.137. The van der Waals surface area contributed by atoms with Crippen molar-refractivity contribution in [3.05, 3.63) is 0 Å². The zero-order valence-corrected chi connectivity index (χ0v) is 11.2. The molecule has 0 spiro atoms. The Labute approximate surface area is 97.5 Å². The van der Waals surface area contributed by atoms with E-state index in [1.54, 1.807) is 0 Å². The SMILES string of the molecule is [2H]C1([P+]2(CC)CCCC2)CC1.[Y]. The van der Waals surface area contributed by atoms with Gasteiger partial charge in [0.1, 0.15) is 0 Å². The van der Waals surface area contributed by atoms with Crippen molar-refractivity contribution < 1.29 is 34.1 Å². The van der Waals surface area contributed by atoms with Crippen molar-refractivity contribution in [1.82, 2.24) is 0 Å². The first-order valence-corrected chi connectivity index (χ1v) is 6.93. The van der Waals surface area contributed by atoms with E-state index in [4.69, 9.17) is 1.37 Å². The maximum atomic E-state index is 8.24. The second kappa shape index (κ2) is 4.16. The molecule has 1 saturated heterocycles. The van der Waals surface area contributed by atoms with Gasteiger partial charge in [0.2, 0.25) is 0 Å². The normalized spacial score (nSPS) is 32.3. The minimum absolute atomic E-state index is 0. The second-order valence-electron chi connectivity index (χ2n) is 3.68. The minimum atomic E-state index is -0.734. The molecular weight excluding hydrogens is 228 g/mol. The van der Waals surface area contributed by atoms with Crippen molar-refractivity contribution in [3.63, 3.8) is 0 Å². The molecule has 0 aromatic carbocycles. The molecule has 0 amide bonds. The molecule has 1 radical (unpaired) electrons. The Hall–Kier alpha value is 1.53. The monoisotopic (exact) mass is 247 g/mol. The van der Waals surface area contributed by atoms with Gasteiger partial charge in [-0.1, -0.05) is 0 Å². The summed E-state index contributed by atoms with van der Waals surface area (Å²) in [6.07, 6.45) is 9.59. The molecule has 0 nitrogen and oxygen atoms in total. The Kier molecular flexibility index (Phi) is 3.45. The van der Waals surface area contributed by atoms with Gasteiger partial charge in [0.15, 0.2) is 0 Å². The van der Waals surface area contributed by atoms with E-state index >= 15 is 0 Å². The third kappa shape index (κ3) is 2.06. The van der Waals surface area contributed by atoms with Crippen LogP contribution in [0.5, 0.6) is 0 Å². The first-order valence-electron chi connectivity index (χ1n) is 5.09. The minimum Gasteiger partial charge on any atom is -0.0311 e. The molecule has 0 N–H and O–H groups in total. The Morgan fingerprint density at radius 3 is 2.27 bits per heavy atom. The molecule has 1 saturated carbocycles. The molecule has 0 bridgehead atoms. The van der Waals surface area contributed by atoms with Gasteiger partial charge in [-0.15, -0.1) is 0 Å². The molecule has 1 aliphatic carbocycles. The standard InChI is InChI=1S/C9H18P.Y/c1-2-10(9-5-6-9)7-3-4-8-10;/h9H,2-8H2,1H3;/q+1;/i9D;. The van der Waals surface area contributed by atoms with E-state index in [1.165, 1.54) is 44.2 Å². The van der Waals surface area contributed by atoms with Gasteiger partial charge >= 0.3 is 0 Å². The summed E-state index contributed by atoms with van der Waals surface area (Å²) in [6.45, 7) is 2.33. The van der Waals surface area contributed by atoms with Gasteiger partial charge in [-0.3, -0.25) is 0 Å². The van der Waals surface area contributed by atoms with Crippen LogP contribution < -0.4 is 0 Å². The van der Waals surface area contributed by atoms with Crippen LogP contribution in [0.1, 0.15) is 34.0 Å². The summed E-state index contributed by atoms with van der Waals surface area (Å²) in [5, 5.41) is 0. The van der Waals surface area contributed by atoms with Crippen LogP contribution >= 0.6 is 7.26 Å². The van der Waals surface area contributed by atoms with E-state index in [0.717, 1.165) is 0 Å². The van der Waals surface area contributed by atoms with Crippen LogP contribution in [0.3, 0.4) is 0 Å². The van der Waals surface area contributed by atoms with Crippen molar-refractivity contribution >= 4 is 7.26 Å². The van der Waals surface area contributed by atoms with Crippen LogP contribution in [0.25, 0.3) is 0 Å². The van der Waals surface area contributed by atoms with E-state index in [0.29, 0.717) is 0 Å². The van der Waals surface area contributed by atoms with Crippen LogP contribution in [-0.2, 0) is 32.7 Å². The summed E-state index contributed by atoms with van der Waals surface area (Å²) >= 11 is 0. The van der Waals surface area contributed by atoms with Crippen molar-refractivity contribution in [2.24, 2.45) is 0 Å². The number of hydrogen-bond acceptors (Lipinski definition) is 0. The Morgan fingerprint density at radius 1 is 1.36 bits per heavy atom. The topological polar surface area (TPSA) is 0 Å². The van der Waals surface area contributed by atoms with Crippen LogP contribution in [0.4, 0.5) is 0 Å². The molecule has 0 unspecified atom stereocenters. The largest absolute Gasteiger partial charge is 0.0745 e. The third-order valence-electron chi connectivity index (χ3n) is 3.17. The van der Waals surface area contributed by atoms with E-state index < -0.39 is 7.26 Å².